The summed E-state index contributed by atoms with van der Waals surface area (Å²) >= 11 is 0. The first kappa shape index (κ1) is 30.0. The molecule has 4 heteroatoms. The molecular formula is C48H32N4. The highest BCUT2D eigenvalue weighted by Gasteiger charge is 2.46. The van der Waals surface area contributed by atoms with Crippen LogP contribution in [0.1, 0.15) is 22.3 Å². The molecule has 0 saturated heterocycles. The number of aromatic nitrogens is 4. The zero-order chi connectivity index (χ0) is 34.5. The minimum absolute atomic E-state index is 0.451. The third-order valence-corrected chi connectivity index (χ3v) is 10.4. The highest BCUT2D eigenvalue weighted by molar-refractivity contribution is 6.03. The zero-order valence-electron chi connectivity index (χ0n) is 28.3. The average molecular weight is 665 g/mol. The fourth-order valence-corrected chi connectivity index (χ4v) is 8.08. The third-order valence-electron chi connectivity index (χ3n) is 10.4. The highest BCUT2D eigenvalue weighted by atomic mass is 15.0. The van der Waals surface area contributed by atoms with Gasteiger partial charge >= 0.3 is 0 Å². The van der Waals surface area contributed by atoms with Crippen LogP contribution in [0.25, 0.3) is 61.9 Å². The lowest BCUT2D eigenvalue weighted by atomic mass is 9.67. The monoisotopic (exact) mass is 664 g/mol. The van der Waals surface area contributed by atoms with E-state index in [0.29, 0.717) is 17.5 Å². The predicted octanol–water partition coefficient (Wildman–Crippen LogP) is 11.2. The van der Waals surface area contributed by atoms with Gasteiger partial charge in [0.15, 0.2) is 17.5 Å². The summed E-state index contributed by atoms with van der Waals surface area (Å²) in [6.07, 6.45) is 2.19. The minimum Gasteiger partial charge on any atom is -0.316 e. The molecule has 0 radical (unpaired) electrons. The Kier molecular flexibility index (Phi) is 7.00. The minimum atomic E-state index is -0.451. The first-order chi connectivity index (χ1) is 25.8. The van der Waals surface area contributed by atoms with Crippen molar-refractivity contribution < 1.29 is 0 Å². The molecule has 4 nitrogen and oxygen atoms in total. The largest absolute Gasteiger partial charge is 0.316 e. The molecule has 0 N–H and O–H groups in total. The molecule has 244 valence electrons. The standard InChI is InChI=1S/C48H32N4/c1-5-15-34(16-6-1)45-49-46(35-17-7-2-8-18-35)51-47(50-45)36-25-28-39(29-26-36)52-32-31-33-27-30-42-43(44(33)52)40-23-13-14-24-41(40)48(42,37-19-9-3-10-20-37)38-21-11-4-12-22-38/h1-32H. The zero-order valence-corrected chi connectivity index (χ0v) is 28.3. The summed E-state index contributed by atoms with van der Waals surface area (Å²) in [5.74, 6) is 1.95. The Morgan fingerprint density at radius 3 is 1.42 bits per heavy atom. The molecule has 0 atom stereocenters. The van der Waals surface area contributed by atoms with E-state index < -0.39 is 5.41 Å². The SMILES string of the molecule is c1ccc(-c2nc(-c3ccccc3)nc(-c3ccc(-n4ccc5ccc6c(c54)-c4ccccc4C6(c4ccccc4)c4ccccc4)cc3)n2)cc1. The summed E-state index contributed by atoms with van der Waals surface area (Å²) in [6, 6.07) is 66.5. The number of nitrogens with zero attached hydrogens (tertiary/aromatic N) is 4. The number of hydrogen-bond acceptors (Lipinski definition) is 3. The van der Waals surface area contributed by atoms with Crippen LogP contribution in [0.3, 0.4) is 0 Å². The van der Waals surface area contributed by atoms with Crippen molar-refractivity contribution in [2.24, 2.45) is 0 Å². The van der Waals surface area contributed by atoms with Gasteiger partial charge in [-0.25, -0.2) is 15.0 Å². The molecule has 52 heavy (non-hydrogen) atoms. The first-order valence-electron chi connectivity index (χ1n) is 17.6. The Morgan fingerprint density at radius 1 is 0.385 bits per heavy atom. The van der Waals surface area contributed by atoms with Crippen LogP contribution < -0.4 is 0 Å². The van der Waals surface area contributed by atoms with Gasteiger partial charge in [0.25, 0.3) is 0 Å². The fourth-order valence-electron chi connectivity index (χ4n) is 8.08. The summed E-state index contributed by atoms with van der Waals surface area (Å²) in [7, 11) is 0. The van der Waals surface area contributed by atoms with Crippen molar-refractivity contribution in [2.75, 3.05) is 0 Å². The van der Waals surface area contributed by atoms with Crippen LogP contribution >= 0.6 is 0 Å². The van der Waals surface area contributed by atoms with E-state index in [9.17, 15) is 0 Å². The van der Waals surface area contributed by atoms with Gasteiger partial charge < -0.3 is 4.57 Å². The Balaban J connectivity index is 1.14. The smallest absolute Gasteiger partial charge is 0.164 e. The van der Waals surface area contributed by atoms with Crippen LogP contribution in [0.15, 0.2) is 194 Å². The van der Waals surface area contributed by atoms with Gasteiger partial charge in [0.05, 0.1) is 10.9 Å². The summed E-state index contributed by atoms with van der Waals surface area (Å²) in [5, 5.41) is 1.20. The van der Waals surface area contributed by atoms with Crippen LogP contribution in [0, 0.1) is 0 Å². The van der Waals surface area contributed by atoms with Crippen molar-refractivity contribution in [3.05, 3.63) is 217 Å². The van der Waals surface area contributed by atoms with E-state index in [1.54, 1.807) is 0 Å². The number of hydrogen-bond donors (Lipinski definition) is 0. The van der Waals surface area contributed by atoms with Crippen LogP contribution in [0.2, 0.25) is 0 Å². The van der Waals surface area contributed by atoms with Crippen LogP contribution in [0.4, 0.5) is 0 Å². The van der Waals surface area contributed by atoms with Crippen molar-refractivity contribution in [3.63, 3.8) is 0 Å². The lowest BCUT2D eigenvalue weighted by molar-refractivity contribution is 0.769. The van der Waals surface area contributed by atoms with Gasteiger partial charge in [0.1, 0.15) is 0 Å². The van der Waals surface area contributed by atoms with Crippen molar-refractivity contribution in [3.8, 4) is 51.0 Å². The molecule has 0 unspecified atom stereocenters. The lowest BCUT2D eigenvalue weighted by Crippen LogP contribution is -2.28. The van der Waals surface area contributed by atoms with Gasteiger partial charge in [-0.15, -0.1) is 0 Å². The topological polar surface area (TPSA) is 43.6 Å². The normalized spacial score (nSPS) is 12.8. The second-order valence-corrected chi connectivity index (χ2v) is 13.2. The summed E-state index contributed by atoms with van der Waals surface area (Å²) in [6.45, 7) is 0. The van der Waals surface area contributed by atoms with Gasteiger partial charge in [-0.3, -0.25) is 0 Å². The molecule has 0 bridgehead atoms. The van der Waals surface area contributed by atoms with Crippen LogP contribution in [-0.4, -0.2) is 19.5 Å². The quantitative estimate of drug-likeness (QED) is 0.178. The molecule has 7 aromatic carbocycles. The summed E-state index contributed by atoms with van der Waals surface area (Å²) in [5.41, 5.74) is 12.3. The van der Waals surface area contributed by atoms with E-state index in [1.165, 1.54) is 44.3 Å². The molecule has 0 fully saturated rings. The molecule has 9 aromatic rings. The molecular weight excluding hydrogens is 633 g/mol. The Morgan fingerprint density at radius 2 is 0.865 bits per heavy atom. The maximum atomic E-state index is 4.96. The summed E-state index contributed by atoms with van der Waals surface area (Å²) in [4.78, 5) is 14.8. The van der Waals surface area contributed by atoms with Crippen molar-refractivity contribution in [2.45, 2.75) is 5.41 Å². The molecule has 1 aliphatic rings. The van der Waals surface area contributed by atoms with Gasteiger partial charge in [0, 0.05) is 39.5 Å². The Bertz CT molecular complexity index is 2600. The molecule has 2 heterocycles. The van der Waals surface area contributed by atoms with Crippen LogP contribution in [-0.2, 0) is 5.41 Å². The molecule has 10 rings (SSSR count). The van der Waals surface area contributed by atoms with E-state index in [-0.39, 0.29) is 0 Å². The average Bonchev–Trinajstić information content (AvgIpc) is 3.80. The van der Waals surface area contributed by atoms with Crippen molar-refractivity contribution >= 4 is 10.9 Å². The number of benzene rings is 7. The van der Waals surface area contributed by atoms with Crippen LogP contribution in [0.5, 0.6) is 0 Å². The number of rotatable bonds is 6. The Hall–Kier alpha value is -6.91. The number of fused-ring (bicyclic) bond motifs is 5. The second kappa shape index (κ2) is 12.1. The predicted molar refractivity (Wildman–Crippen MR) is 210 cm³/mol. The maximum absolute atomic E-state index is 4.96. The molecule has 2 aromatic heterocycles. The molecule has 1 aliphatic carbocycles. The van der Waals surface area contributed by atoms with Crippen molar-refractivity contribution in [1.29, 1.82) is 0 Å². The maximum Gasteiger partial charge on any atom is 0.164 e. The van der Waals surface area contributed by atoms with Gasteiger partial charge in [-0.05, 0) is 58.1 Å². The van der Waals surface area contributed by atoms with Gasteiger partial charge in [-0.1, -0.05) is 158 Å². The third kappa shape index (κ3) is 4.65. The lowest BCUT2D eigenvalue weighted by Gasteiger charge is -2.33. The Labute approximate surface area is 302 Å². The van der Waals surface area contributed by atoms with E-state index in [4.69, 9.17) is 15.0 Å². The molecule has 0 aliphatic heterocycles. The van der Waals surface area contributed by atoms with Crippen molar-refractivity contribution in [1.82, 2.24) is 19.5 Å². The second-order valence-electron chi connectivity index (χ2n) is 13.2. The fraction of sp³-hybridized carbons (Fsp3) is 0.0208. The van der Waals surface area contributed by atoms with E-state index in [1.807, 2.05) is 60.7 Å². The van der Waals surface area contributed by atoms with E-state index >= 15 is 0 Å². The highest BCUT2D eigenvalue weighted by Crippen LogP contribution is 2.57. The van der Waals surface area contributed by atoms with Gasteiger partial charge in [0.2, 0.25) is 0 Å². The molecule has 0 spiro atoms. The van der Waals surface area contributed by atoms with E-state index in [2.05, 4.69) is 138 Å². The molecule has 0 saturated carbocycles. The first-order valence-corrected chi connectivity index (χ1v) is 17.6. The van der Waals surface area contributed by atoms with Gasteiger partial charge in [-0.2, -0.15) is 0 Å². The van der Waals surface area contributed by atoms with E-state index in [0.717, 1.165) is 22.4 Å². The molecule has 0 amide bonds. The summed E-state index contributed by atoms with van der Waals surface area (Å²) < 4.78 is 2.33.